The van der Waals surface area contributed by atoms with E-state index >= 15 is 0 Å². The molecule has 1 aromatic rings. The fourth-order valence-electron chi connectivity index (χ4n) is 1.44. The fraction of sp³-hybridized carbons (Fsp3) is 0.385. The van der Waals surface area contributed by atoms with Gasteiger partial charge in [-0.2, -0.15) is 0 Å². The number of aldehydes is 1. The van der Waals surface area contributed by atoms with Crippen LogP contribution in [-0.2, 0) is 9.59 Å². The highest BCUT2D eigenvalue weighted by molar-refractivity contribution is 5.91. The molecule has 0 saturated heterocycles. The highest BCUT2D eigenvalue weighted by Crippen LogP contribution is 2.21. The van der Waals surface area contributed by atoms with Crippen molar-refractivity contribution in [1.82, 2.24) is 0 Å². The first-order valence-corrected chi connectivity index (χ1v) is 5.64. The number of carbonyl (C=O) groups is 2. The maximum atomic E-state index is 11.4. The number of carbonyl (C=O) groups excluding carboxylic acids is 2. The quantitative estimate of drug-likeness (QED) is 0.770. The normalized spacial score (nSPS) is 9.76. The molecule has 0 fully saturated rings. The smallest absolute Gasteiger partial charge is 0.224 e. The minimum Gasteiger partial charge on any atom is -0.486 e. The molecule has 17 heavy (non-hydrogen) atoms. The zero-order valence-electron chi connectivity index (χ0n) is 10.2. The van der Waals surface area contributed by atoms with E-state index in [-0.39, 0.29) is 12.5 Å². The van der Waals surface area contributed by atoms with Crippen molar-refractivity contribution in [3.05, 3.63) is 23.8 Å². The molecule has 0 bridgehead atoms. The lowest BCUT2D eigenvalue weighted by Gasteiger charge is -2.10. The molecule has 1 rings (SSSR count). The van der Waals surface area contributed by atoms with Crippen LogP contribution in [0.1, 0.15) is 25.3 Å². The highest BCUT2D eigenvalue weighted by atomic mass is 16.5. The lowest BCUT2D eigenvalue weighted by Crippen LogP contribution is -2.11. The molecule has 0 aliphatic heterocycles. The number of anilines is 1. The molecule has 4 nitrogen and oxygen atoms in total. The predicted octanol–water partition coefficient (Wildman–Crippen LogP) is 2.31. The average molecular weight is 235 g/mol. The van der Waals surface area contributed by atoms with E-state index in [9.17, 15) is 9.59 Å². The van der Waals surface area contributed by atoms with Crippen LogP contribution < -0.4 is 10.1 Å². The van der Waals surface area contributed by atoms with Gasteiger partial charge in [-0.3, -0.25) is 9.59 Å². The summed E-state index contributed by atoms with van der Waals surface area (Å²) in [6.07, 6.45) is 2.04. The van der Waals surface area contributed by atoms with Crippen LogP contribution in [0, 0.1) is 6.92 Å². The molecule has 1 amide bonds. The molecule has 4 heteroatoms. The third-order valence-corrected chi connectivity index (χ3v) is 2.27. The first-order chi connectivity index (χ1) is 8.17. The van der Waals surface area contributed by atoms with E-state index < -0.39 is 0 Å². The molecule has 0 radical (unpaired) electrons. The van der Waals surface area contributed by atoms with E-state index in [1.165, 1.54) is 0 Å². The minimum absolute atomic E-state index is 0.0113. The summed E-state index contributed by atoms with van der Waals surface area (Å²) < 4.78 is 5.16. The Hall–Kier alpha value is -1.84. The second kappa shape index (κ2) is 6.68. The zero-order chi connectivity index (χ0) is 12.7. The number of benzene rings is 1. The van der Waals surface area contributed by atoms with Crippen molar-refractivity contribution in [1.29, 1.82) is 0 Å². The van der Waals surface area contributed by atoms with Crippen LogP contribution in [0.15, 0.2) is 18.2 Å². The number of aryl methyl sites for hydroxylation is 1. The molecular weight excluding hydrogens is 218 g/mol. The van der Waals surface area contributed by atoms with E-state index in [2.05, 4.69) is 5.32 Å². The SMILES string of the molecule is CCCC(=O)Nc1ccc(OCC=O)cc1C. The maximum absolute atomic E-state index is 11.4. The van der Waals surface area contributed by atoms with Gasteiger partial charge in [0, 0.05) is 12.1 Å². The van der Waals surface area contributed by atoms with Crippen LogP contribution in [-0.4, -0.2) is 18.8 Å². The van der Waals surface area contributed by atoms with Gasteiger partial charge in [-0.1, -0.05) is 6.92 Å². The molecule has 0 aliphatic carbocycles. The molecule has 0 spiro atoms. The second-order valence-corrected chi connectivity index (χ2v) is 3.75. The van der Waals surface area contributed by atoms with Gasteiger partial charge in [0.05, 0.1) is 0 Å². The summed E-state index contributed by atoms with van der Waals surface area (Å²) in [7, 11) is 0. The largest absolute Gasteiger partial charge is 0.486 e. The van der Waals surface area contributed by atoms with Crippen molar-refractivity contribution in [2.45, 2.75) is 26.7 Å². The van der Waals surface area contributed by atoms with E-state index in [0.717, 1.165) is 17.7 Å². The van der Waals surface area contributed by atoms with E-state index in [4.69, 9.17) is 4.74 Å². The standard InChI is InChI=1S/C13H17NO3/c1-3-4-13(16)14-12-6-5-11(9-10(12)2)17-8-7-15/h5-7,9H,3-4,8H2,1-2H3,(H,14,16). The van der Waals surface area contributed by atoms with Gasteiger partial charge < -0.3 is 10.1 Å². The monoisotopic (exact) mass is 235 g/mol. The molecule has 92 valence electrons. The van der Waals surface area contributed by atoms with Crippen LogP contribution in [0.25, 0.3) is 0 Å². The Bertz CT molecular complexity index is 402. The van der Waals surface area contributed by atoms with Crippen LogP contribution in [0.3, 0.4) is 0 Å². The Labute approximate surface area is 101 Å². The number of hydrogen-bond donors (Lipinski definition) is 1. The Morgan fingerprint density at radius 3 is 2.82 bits per heavy atom. The van der Waals surface area contributed by atoms with Crippen molar-refractivity contribution >= 4 is 17.9 Å². The Morgan fingerprint density at radius 2 is 2.24 bits per heavy atom. The van der Waals surface area contributed by atoms with Gasteiger partial charge in [0.2, 0.25) is 5.91 Å². The summed E-state index contributed by atoms with van der Waals surface area (Å²) in [6, 6.07) is 5.31. The number of rotatable bonds is 6. The van der Waals surface area contributed by atoms with Gasteiger partial charge in [-0.05, 0) is 37.1 Å². The molecule has 0 heterocycles. The van der Waals surface area contributed by atoms with Crippen LogP contribution in [0.4, 0.5) is 5.69 Å². The van der Waals surface area contributed by atoms with E-state index in [0.29, 0.717) is 18.5 Å². The fourth-order valence-corrected chi connectivity index (χ4v) is 1.44. The second-order valence-electron chi connectivity index (χ2n) is 3.75. The summed E-state index contributed by atoms with van der Waals surface area (Å²) in [6.45, 7) is 3.89. The first-order valence-electron chi connectivity index (χ1n) is 5.64. The summed E-state index contributed by atoms with van der Waals surface area (Å²) >= 11 is 0. The molecule has 0 unspecified atom stereocenters. The topological polar surface area (TPSA) is 55.4 Å². The van der Waals surface area contributed by atoms with Crippen molar-refractivity contribution in [3.63, 3.8) is 0 Å². The first kappa shape index (κ1) is 13.2. The summed E-state index contributed by atoms with van der Waals surface area (Å²) in [5.41, 5.74) is 1.69. The summed E-state index contributed by atoms with van der Waals surface area (Å²) in [5.74, 6) is 0.639. The molecule has 1 N–H and O–H groups in total. The third kappa shape index (κ3) is 4.26. The van der Waals surface area contributed by atoms with Crippen LogP contribution >= 0.6 is 0 Å². The van der Waals surface area contributed by atoms with Crippen molar-refractivity contribution in [2.24, 2.45) is 0 Å². The minimum atomic E-state index is 0.0113. The highest BCUT2D eigenvalue weighted by Gasteiger charge is 2.04. The zero-order valence-corrected chi connectivity index (χ0v) is 10.2. The van der Waals surface area contributed by atoms with Gasteiger partial charge in [0.15, 0.2) is 6.29 Å². The number of hydrogen-bond acceptors (Lipinski definition) is 3. The van der Waals surface area contributed by atoms with Gasteiger partial charge in [0.1, 0.15) is 12.4 Å². The van der Waals surface area contributed by atoms with Crippen LogP contribution in [0.5, 0.6) is 5.75 Å². The average Bonchev–Trinajstić information content (AvgIpc) is 2.30. The molecule has 0 aromatic heterocycles. The van der Waals surface area contributed by atoms with Gasteiger partial charge in [0.25, 0.3) is 0 Å². The predicted molar refractivity (Wildman–Crippen MR) is 66.3 cm³/mol. The van der Waals surface area contributed by atoms with Gasteiger partial charge in [-0.15, -0.1) is 0 Å². The Kier molecular flexibility index (Phi) is 5.20. The lowest BCUT2D eigenvalue weighted by atomic mass is 10.2. The summed E-state index contributed by atoms with van der Waals surface area (Å²) in [4.78, 5) is 21.6. The Balaban J connectivity index is 2.68. The number of nitrogens with one attached hydrogen (secondary N) is 1. The van der Waals surface area contributed by atoms with Gasteiger partial charge in [-0.25, -0.2) is 0 Å². The van der Waals surface area contributed by atoms with E-state index in [1.807, 2.05) is 13.8 Å². The Morgan fingerprint density at radius 1 is 1.47 bits per heavy atom. The molecular formula is C13H17NO3. The molecule has 0 atom stereocenters. The number of ether oxygens (including phenoxy) is 1. The van der Waals surface area contributed by atoms with Crippen molar-refractivity contribution in [3.8, 4) is 5.75 Å². The third-order valence-electron chi connectivity index (χ3n) is 2.27. The lowest BCUT2D eigenvalue weighted by molar-refractivity contribution is -0.116. The molecule has 0 aliphatic rings. The maximum Gasteiger partial charge on any atom is 0.224 e. The molecule has 1 aromatic carbocycles. The summed E-state index contributed by atoms with van der Waals surface area (Å²) in [5, 5.41) is 2.83. The van der Waals surface area contributed by atoms with Crippen LogP contribution in [0.2, 0.25) is 0 Å². The van der Waals surface area contributed by atoms with Crippen molar-refractivity contribution < 1.29 is 14.3 Å². The van der Waals surface area contributed by atoms with E-state index in [1.54, 1.807) is 18.2 Å². The molecule has 0 saturated carbocycles. The van der Waals surface area contributed by atoms with Gasteiger partial charge >= 0.3 is 0 Å². The number of amides is 1. The van der Waals surface area contributed by atoms with Crippen molar-refractivity contribution in [2.75, 3.05) is 11.9 Å².